The Morgan fingerprint density at radius 2 is 1.84 bits per heavy atom. The van der Waals surface area contributed by atoms with Crippen LogP contribution in [0.2, 0.25) is 0 Å². The van der Waals surface area contributed by atoms with Crippen molar-refractivity contribution in [3.8, 4) is 16.9 Å². The highest BCUT2D eigenvalue weighted by Gasteiger charge is 2.24. The molecule has 9 heteroatoms. The standard InChI is InChI=1S/C22H23F2N5O2/c1-14-11-29(12-15(2)31-14)22-8-20(19(24)10-25-22)27-21-7-17(9-26-28-21)16-3-5-18(6-4-16)30-13-23/h3-10,14-15H,11-13H2,1-2H3,(H,25,27,28)/t14-,15+. The predicted molar refractivity (Wildman–Crippen MR) is 114 cm³/mol. The molecule has 1 aromatic carbocycles. The Balaban J connectivity index is 1.54. The quantitative estimate of drug-likeness (QED) is 0.627. The molecule has 0 unspecified atom stereocenters. The fourth-order valence-corrected chi connectivity index (χ4v) is 3.59. The molecule has 4 rings (SSSR count). The SMILES string of the molecule is C[C@@H]1CN(c2cc(Nc3cc(-c4ccc(OCF)cc4)cnn3)c(F)cn2)C[C@H](C)O1. The van der Waals surface area contributed by atoms with Gasteiger partial charge in [0, 0.05) is 24.7 Å². The fraction of sp³-hybridized carbons (Fsp3) is 0.318. The molecular weight excluding hydrogens is 404 g/mol. The van der Waals surface area contributed by atoms with Crippen molar-refractivity contribution in [3.63, 3.8) is 0 Å². The predicted octanol–water partition coefficient (Wildman–Crippen LogP) is 4.34. The molecule has 0 amide bonds. The highest BCUT2D eigenvalue weighted by molar-refractivity contribution is 5.69. The van der Waals surface area contributed by atoms with Crippen LogP contribution in [0.1, 0.15) is 13.8 Å². The fourth-order valence-electron chi connectivity index (χ4n) is 3.59. The van der Waals surface area contributed by atoms with E-state index in [4.69, 9.17) is 9.47 Å². The minimum absolute atomic E-state index is 0.0660. The van der Waals surface area contributed by atoms with E-state index >= 15 is 0 Å². The molecule has 0 radical (unpaired) electrons. The van der Waals surface area contributed by atoms with Crippen molar-refractivity contribution in [1.82, 2.24) is 15.2 Å². The first-order chi connectivity index (χ1) is 15.0. The summed E-state index contributed by atoms with van der Waals surface area (Å²) >= 11 is 0. The van der Waals surface area contributed by atoms with Crippen molar-refractivity contribution in [2.45, 2.75) is 26.1 Å². The van der Waals surface area contributed by atoms with Crippen LogP contribution >= 0.6 is 0 Å². The van der Waals surface area contributed by atoms with Crippen LogP contribution in [0.5, 0.6) is 5.75 Å². The second kappa shape index (κ2) is 9.22. The number of hydrogen-bond acceptors (Lipinski definition) is 7. The Hall–Kier alpha value is -3.33. The minimum atomic E-state index is -0.883. The minimum Gasteiger partial charge on any atom is -0.463 e. The number of nitrogens with zero attached hydrogens (tertiary/aromatic N) is 4. The van der Waals surface area contributed by atoms with Crippen LogP contribution in [-0.2, 0) is 4.74 Å². The number of pyridine rings is 1. The highest BCUT2D eigenvalue weighted by atomic mass is 19.1. The lowest BCUT2D eigenvalue weighted by molar-refractivity contribution is -0.00546. The van der Waals surface area contributed by atoms with Crippen LogP contribution in [-0.4, -0.2) is 47.3 Å². The third-order valence-electron chi connectivity index (χ3n) is 4.91. The number of rotatable bonds is 6. The van der Waals surface area contributed by atoms with Crippen LogP contribution in [0.4, 0.5) is 26.1 Å². The number of nitrogens with one attached hydrogen (secondary N) is 1. The largest absolute Gasteiger partial charge is 0.463 e. The molecule has 2 atom stereocenters. The molecule has 0 aliphatic carbocycles. The van der Waals surface area contributed by atoms with Gasteiger partial charge in [-0.3, -0.25) is 0 Å². The van der Waals surface area contributed by atoms with Gasteiger partial charge in [0.05, 0.1) is 30.3 Å². The van der Waals surface area contributed by atoms with E-state index in [1.807, 2.05) is 13.8 Å². The lowest BCUT2D eigenvalue weighted by atomic mass is 10.1. The summed E-state index contributed by atoms with van der Waals surface area (Å²) in [5.74, 6) is 1.00. The molecule has 7 nitrogen and oxygen atoms in total. The highest BCUT2D eigenvalue weighted by Crippen LogP contribution is 2.27. The van der Waals surface area contributed by atoms with E-state index in [0.29, 0.717) is 30.5 Å². The number of ether oxygens (including phenoxy) is 2. The van der Waals surface area contributed by atoms with Crippen molar-refractivity contribution in [2.24, 2.45) is 0 Å². The summed E-state index contributed by atoms with van der Waals surface area (Å²) in [7, 11) is 0. The van der Waals surface area contributed by atoms with E-state index < -0.39 is 12.7 Å². The number of halogens is 2. The summed E-state index contributed by atoms with van der Waals surface area (Å²) in [4.78, 5) is 6.32. The van der Waals surface area contributed by atoms with Crippen molar-refractivity contribution >= 4 is 17.3 Å². The Labute approximate surface area is 179 Å². The number of morpholine rings is 1. The van der Waals surface area contributed by atoms with Gasteiger partial charge in [0.25, 0.3) is 0 Å². The topological polar surface area (TPSA) is 72.4 Å². The number of benzene rings is 1. The van der Waals surface area contributed by atoms with Crippen molar-refractivity contribution < 1.29 is 18.3 Å². The van der Waals surface area contributed by atoms with E-state index in [0.717, 1.165) is 11.1 Å². The van der Waals surface area contributed by atoms with Crippen LogP contribution in [0, 0.1) is 5.82 Å². The van der Waals surface area contributed by atoms with E-state index in [9.17, 15) is 8.78 Å². The molecule has 0 saturated carbocycles. The van der Waals surface area contributed by atoms with Gasteiger partial charge in [0.2, 0.25) is 6.86 Å². The first-order valence-electron chi connectivity index (χ1n) is 9.96. The third-order valence-corrected chi connectivity index (χ3v) is 4.91. The van der Waals surface area contributed by atoms with Crippen LogP contribution in [0.3, 0.4) is 0 Å². The number of aromatic nitrogens is 3. The Bertz CT molecular complexity index is 1020. The molecule has 1 aliphatic heterocycles. The van der Waals surface area contributed by atoms with Crippen LogP contribution in [0.15, 0.2) is 48.8 Å². The molecule has 0 bridgehead atoms. The van der Waals surface area contributed by atoms with E-state index in [1.54, 1.807) is 42.6 Å². The first-order valence-corrected chi connectivity index (χ1v) is 9.96. The van der Waals surface area contributed by atoms with Crippen molar-refractivity contribution in [1.29, 1.82) is 0 Å². The smallest absolute Gasteiger partial charge is 0.228 e. The molecule has 0 spiro atoms. The van der Waals surface area contributed by atoms with Gasteiger partial charge < -0.3 is 19.7 Å². The zero-order valence-corrected chi connectivity index (χ0v) is 17.3. The molecule has 162 valence electrons. The maximum Gasteiger partial charge on any atom is 0.228 e. The second-order valence-electron chi connectivity index (χ2n) is 7.42. The average Bonchev–Trinajstić information content (AvgIpc) is 2.76. The molecule has 31 heavy (non-hydrogen) atoms. The first kappa shape index (κ1) is 20.9. The van der Waals surface area contributed by atoms with E-state index in [1.165, 1.54) is 6.20 Å². The van der Waals surface area contributed by atoms with Crippen LogP contribution < -0.4 is 15.0 Å². The molecule has 2 aromatic heterocycles. The monoisotopic (exact) mass is 427 g/mol. The summed E-state index contributed by atoms with van der Waals surface area (Å²) in [5.41, 5.74) is 1.88. The zero-order chi connectivity index (χ0) is 21.8. The average molecular weight is 427 g/mol. The van der Waals surface area contributed by atoms with Gasteiger partial charge in [-0.25, -0.2) is 13.8 Å². The molecule has 1 saturated heterocycles. The Kier molecular flexibility index (Phi) is 6.22. The van der Waals surface area contributed by atoms with E-state index in [-0.39, 0.29) is 17.9 Å². The summed E-state index contributed by atoms with van der Waals surface area (Å²) in [6.45, 7) is 4.48. The molecular formula is C22H23F2N5O2. The normalized spacial score (nSPS) is 18.6. The lowest BCUT2D eigenvalue weighted by Gasteiger charge is -2.36. The van der Waals surface area contributed by atoms with Crippen molar-refractivity contribution in [2.75, 3.05) is 30.2 Å². The van der Waals surface area contributed by atoms with E-state index in [2.05, 4.69) is 25.4 Å². The molecule has 1 fully saturated rings. The Morgan fingerprint density at radius 1 is 1.10 bits per heavy atom. The van der Waals surface area contributed by atoms with Gasteiger partial charge in [-0.05, 0) is 37.6 Å². The third kappa shape index (κ3) is 5.05. The summed E-state index contributed by atoms with van der Waals surface area (Å²) in [5, 5.41) is 11.1. The van der Waals surface area contributed by atoms with Gasteiger partial charge in [-0.15, -0.1) is 5.10 Å². The maximum atomic E-state index is 14.5. The summed E-state index contributed by atoms with van der Waals surface area (Å²) < 4.78 is 37.3. The van der Waals surface area contributed by atoms with Gasteiger partial charge in [0.1, 0.15) is 11.6 Å². The summed E-state index contributed by atoms with van der Waals surface area (Å²) in [6, 6.07) is 10.3. The molecule has 3 aromatic rings. The van der Waals surface area contributed by atoms with Gasteiger partial charge in [0.15, 0.2) is 11.6 Å². The number of alkyl halides is 1. The number of hydrogen-bond donors (Lipinski definition) is 1. The maximum absolute atomic E-state index is 14.5. The van der Waals surface area contributed by atoms with Gasteiger partial charge in [-0.2, -0.15) is 5.10 Å². The molecule has 3 heterocycles. The number of anilines is 3. The second-order valence-corrected chi connectivity index (χ2v) is 7.42. The van der Waals surface area contributed by atoms with Gasteiger partial charge >= 0.3 is 0 Å². The van der Waals surface area contributed by atoms with Gasteiger partial charge in [-0.1, -0.05) is 12.1 Å². The zero-order valence-electron chi connectivity index (χ0n) is 17.3. The Morgan fingerprint density at radius 3 is 2.55 bits per heavy atom. The lowest BCUT2D eigenvalue weighted by Crippen LogP contribution is -2.45. The van der Waals surface area contributed by atoms with Crippen LogP contribution in [0.25, 0.3) is 11.1 Å². The summed E-state index contributed by atoms with van der Waals surface area (Å²) in [6.07, 6.45) is 2.93. The molecule has 1 N–H and O–H groups in total. The van der Waals surface area contributed by atoms with Crippen molar-refractivity contribution in [3.05, 3.63) is 54.6 Å². The molecule has 1 aliphatic rings.